The molecule has 1 aromatic rings. The Kier molecular flexibility index (Phi) is 5.61. The van der Waals surface area contributed by atoms with Crippen LogP contribution < -0.4 is 20.7 Å². The van der Waals surface area contributed by atoms with Crippen LogP contribution in [0.3, 0.4) is 0 Å². The minimum atomic E-state index is -0.0487. The molecular weight excluding hydrogens is 256 g/mol. The van der Waals surface area contributed by atoms with E-state index in [4.69, 9.17) is 10.5 Å². The fourth-order valence-corrected chi connectivity index (χ4v) is 1.64. The second-order valence-electron chi connectivity index (χ2n) is 5.31. The van der Waals surface area contributed by atoms with Crippen LogP contribution in [-0.2, 0) is 4.79 Å². The second-order valence-corrected chi connectivity index (χ2v) is 5.31. The number of aromatic nitrogens is 1. The molecule has 1 aromatic heterocycles. The van der Waals surface area contributed by atoms with Gasteiger partial charge in [-0.05, 0) is 39.8 Å². The highest BCUT2D eigenvalue weighted by Crippen LogP contribution is 2.23. The largest absolute Gasteiger partial charge is 0.473 e. The molecule has 0 bridgehead atoms. The molecular formula is C14H24N4O2. The van der Waals surface area contributed by atoms with Crippen molar-refractivity contribution in [3.8, 4) is 5.88 Å². The number of carbonyl (C=O) groups is 1. The predicted molar refractivity (Wildman–Crippen MR) is 81.0 cm³/mol. The van der Waals surface area contributed by atoms with Gasteiger partial charge < -0.3 is 20.7 Å². The van der Waals surface area contributed by atoms with Crippen molar-refractivity contribution in [2.75, 3.05) is 24.2 Å². The highest BCUT2D eigenvalue weighted by molar-refractivity contribution is 5.81. The summed E-state index contributed by atoms with van der Waals surface area (Å²) in [5.74, 6) is 0.995. The number of rotatable bonds is 6. The molecule has 6 heteroatoms. The van der Waals surface area contributed by atoms with Crippen molar-refractivity contribution >= 4 is 17.4 Å². The smallest absolute Gasteiger partial charge is 0.239 e. The number of pyridine rings is 1. The Hall–Kier alpha value is -1.98. The summed E-state index contributed by atoms with van der Waals surface area (Å²) in [6.45, 7) is 7.90. The van der Waals surface area contributed by atoms with Crippen LogP contribution >= 0.6 is 0 Å². The van der Waals surface area contributed by atoms with Gasteiger partial charge in [0, 0.05) is 13.1 Å². The summed E-state index contributed by atoms with van der Waals surface area (Å²) in [6, 6.07) is 3.62. The molecule has 0 saturated carbocycles. The Morgan fingerprint density at radius 2 is 2.05 bits per heavy atom. The van der Waals surface area contributed by atoms with Gasteiger partial charge in [0.25, 0.3) is 0 Å². The summed E-state index contributed by atoms with van der Waals surface area (Å²) in [4.78, 5) is 17.8. The van der Waals surface area contributed by atoms with Gasteiger partial charge in [0.05, 0.1) is 18.3 Å². The highest BCUT2D eigenvalue weighted by atomic mass is 16.5. The molecule has 0 aromatic carbocycles. The average Bonchev–Trinajstić information content (AvgIpc) is 2.29. The average molecular weight is 280 g/mol. The van der Waals surface area contributed by atoms with Crippen molar-refractivity contribution in [2.24, 2.45) is 0 Å². The first-order valence-electron chi connectivity index (χ1n) is 6.73. The molecule has 0 radical (unpaired) electrons. The number of nitrogen functional groups attached to an aromatic ring is 1. The Morgan fingerprint density at radius 1 is 1.40 bits per heavy atom. The molecule has 1 heterocycles. The molecule has 0 atom stereocenters. The third kappa shape index (κ3) is 4.95. The summed E-state index contributed by atoms with van der Waals surface area (Å²) in [5.41, 5.74) is 6.31. The number of hydrogen-bond donors (Lipinski definition) is 2. The fourth-order valence-electron chi connectivity index (χ4n) is 1.64. The maximum atomic E-state index is 11.7. The van der Waals surface area contributed by atoms with E-state index in [-0.39, 0.29) is 24.6 Å². The number of anilines is 2. The zero-order valence-corrected chi connectivity index (χ0v) is 12.8. The first kappa shape index (κ1) is 16.1. The molecule has 0 aliphatic rings. The molecule has 3 N–H and O–H groups in total. The van der Waals surface area contributed by atoms with E-state index in [2.05, 4.69) is 10.3 Å². The molecule has 0 aliphatic carbocycles. The van der Waals surface area contributed by atoms with Crippen LogP contribution in [-0.4, -0.2) is 36.6 Å². The van der Waals surface area contributed by atoms with Gasteiger partial charge in [0.2, 0.25) is 11.8 Å². The standard InChI is InChI=1S/C14H24N4O2/c1-9(2)16-13(19)8-18(5)12-7-6-11(15)14(17-12)20-10(3)4/h6-7,9-10H,8,15H2,1-5H3,(H,16,19). The Labute approximate surface area is 120 Å². The first-order chi connectivity index (χ1) is 9.29. The number of likely N-dealkylation sites (N-methyl/N-ethyl adjacent to an activating group) is 1. The lowest BCUT2D eigenvalue weighted by Crippen LogP contribution is -2.38. The molecule has 6 nitrogen and oxygen atoms in total. The minimum absolute atomic E-state index is 0.00500. The fraction of sp³-hybridized carbons (Fsp3) is 0.571. The van der Waals surface area contributed by atoms with Crippen molar-refractivity contribution < 1.29 is 9.53 Å². The SMILES string of the molecule is CC(C)NC(=O)CN(C)c1ccc(N)c(OC(C)C)n1. The zero-order chi connectivity index (χ0) is 15.3. The van der Waals surface area contributed by atoms with Crippen LogP contribution in [0.1, 0.15) is 27.7 Å². The van der Waals surface area contributed by atoms with Crippen LogP contribution in [0.15, 0.2) is 12.1 Å². The summed E-state index contributed by atoms with van der Waals surface area (Å²) in [7, 11) is 1.80. The maximum absolute atomic E-state index is 11.7. The first-order valence-corrected chi connectivity index (χ1v) is 6.73. The van der Waals surface area contributed by atoms with Gasteiger partial charge in [-0.15, -0.1) is 0 Å². The number of nitrogens with one attached hydrogen (secondary N) is 1. The lowest BCUT2D eigenvalue weighted by atomic mass is 10.3. The van der Waals surface area contributed by atoms with Crippen molar-refractivity contribution in [3.63, 3.8) is 0 Å². The van der Waals surface area contributed by atoms with E-state index in [1.165, 1.54) is 0 Å². The lowest BCUT2D eigenvalue weighted by Gasteiger charge is -2.20. The molecule has 20 heavy (non-hydrogen) atoms. The van der Waals surface area contributed by atoms with Gasteiger partial charge in [-0.2, -0.15) is 4.98 Å². The van der Waals surface area contributed by atoms with E-state index >= 15 is 0 Å². The van der Waals surface area contributed by atoms with Crippen molar-refractivity contribution in [1.82, 2.24) is 10.3 Å². The number of ether oxygens (including phenoxy) is 1. The molecule has 1 rings (SSSR count). The molecule has 0 spiro atoms. The highest BCUT2D eigenvalue weighted by Gasteiger charge is 2.12. The predicted octanol–water partition coefficient (Wildman–Crippen LogP) is 1.41. The quantitative estimate of drug-likeness (QED) is 0.823. The van der Waals surface area contributed by atoms with E-state index in [0.29, 0.717) is 17.4 Å². The molecule has 0 fully saturated rings. The van der Waals surface area contributed by atoms with Gasteiger partial charge in [-0.25, -0.2) is 0 Å². The molecule has 0 unspecified atom stereocenters. The van der Waals surface area contributed by atoms with Gasteiger partial charge in [0.15, 0.2) is 0 Å². The van der Waals surface area contributed by atoms with Gasteiger partial charge in [-0.1, -0.05) is 0 Å². The monoisotopic (exact) mass is 280 g/mol. The van der Waals surface area contributed by atoms with E-state index in [1.54, 1.807) is 24.1 Å². The topological polar surface area (TPSA) is 80.5 Å². The number of nitrogens with zero attached hydrogens (tertiary/aromatic N) is 2. The minimum Gasteiger partial charge on any atom is -0.473 e. The van der Waals surface area contributed by atoms with E-state index < -0.39 is 0 Å². The van der Waals surface area contributed by atoms with Gasteiger partial charge in [0.1, 0.15) is 5.82 Å². The number of amides is 1. The second kappa shape index (κ2) is 6.98. The number of hydrogen-bond acceptors (Lipinski definition) is 5. The van der Waals surface area contributed by atoms with E-state index in [0.717, 1.165) is 0 Å². The van der Waals surface area contributed by atoms with E-state index in [9.17, 15) is 4.79 Å². The molecule has 112 valence electrons. The van der Waals surface area contributed by atoms with Crippen molar-refractivity contribution in [2.45, 2.75) is 39.8 Å². The van der Waals surface area contributed by atoms with Crippen LogP contribution in [0, 0.1) is 0 Å². The van der Waals surface area contributed by atoms with Crippen LogP contribution in [0.4, 0.5) is 11.5 Å². The number of nitrogens with two attached hydrogens (primary N) is 1. The molecule has 1 amide bonds. The number of carbonyl (C=O) groups excluding carboxylic acids is 1. The Bertz CT molecular complexity index is 460. The summed E-state index contributed by atoms with van der Waals surface area (Å²) in [5, 5.41) is 2.84. The van der Waals surface area contributed by atoms with E-state index in [1.807, 2.05) is 27.7 Å². The van der Waals surface area contributed by atoms with Crippen LogP contribution in [0.5, 0.6) is 5.88 Å². The third-order valence-electron chi connectivity index (χ3n) is 2.44. The van der Waals surface area contributed by atoms with Crippen molar-refractivity contribution in [3.05, 3.63) is 12.1 Å². The normalized spacial score (nSPS) is 10.8. The lowest BCUT2D eigenvalue weighted by molar-refractivity contribution is -0.120. The maximum Gasteiger partial charge on any atom is 0.239 e. The van der Waals surface area contributed by atoms with Crippen molar-refractivity contribution in [1.29, 1.82) is 0 Å². The summed E-state index contributed by atoms with van der Waals surface area (Å²) in [6.07, 6.45) is -0.00500. The summed E-state index contributed by atoms with van der Waals surface area (Å²) >= 11 is 0. The molecule has 0 saturated heterocycles. The van der Waals surface area contributed by atoms with Gasteiger partial charge in [-0.3, -0.25) is 4.79 Å². The Morgan fingerprint density at radius 3 is 2.60 bits per heavy atom. The van der Waals surface area contributed by atoms with Crippen LogP contribution in [0.25, 0.3) is 0 Å². The van der Waals surface area contributed by atoms with Gasteiger partial charge >= 0.3 is 0 Å². The third-order valence-corrected chi connectivity index (χ3v) is 2.44. The molecule has 0 aliphatic heterocycles. The summed E-state index contributed by atoms with van der Waals surface area (Å²) < 4.78 is 5.54. The van der Waals surface area contributed by atoms with Crippen LogP contribution in [0.2, 0.25) is 0 Å². The Balaban J connectivity index is 2.77. The zero-order valence-electron chi connectivity index (χ0n) is 12.8.